The van der Waals surface area contributed by atoms with Crippen molar-refractivity contribution < 1.29 is 14.4 Å². The van der Waals surface area contributed by atoms with Crippen LogP contribution in [0, 0.1) is 0 Å². The summed E-state index contributed by atoms with van der Waals surface area (Å²) in [5.74, 6) is -0.578. The molecule has 3 rings (SSSR count). The van der Waals surface area contributed by atoms with Crippen molar-refractivity contribution in [2.45, 2.75) is 13.8 Å². The van der Waals surface area contributed by atoms with Crippen LogP contribution in [0.5, 0.6) is 0 Å². The zero-order valence-electron chi connectivity index (χ0n) is 15.3. The molecule has 1 aromatic heterocycles. The van der Waals surface area contributed by atoms with Gasteiger partial charge in [0, 0.05) is 41.7 Å². The van der Waals surface area contributed by atoms with Crippen LogP contribution in [0.4, 0.5) is 16.5 Å². The van der Waals surface area contributed by atoms with Gasteiger partial charge >= 0.3 is 0 Å². The van der Waals surface area contributed by atoms with Gasteiger partial charge in [-0.3, -0.25) is 19.7 Å². The summed E-state index contributed by atoms with van der Waals surface area (Å²) >= 11 is 1.32. The first kappa shape index (κ1) is 19.2. The summed E-state index contributed by atoms with van der Waals surface area (Å²) in [6.07, 6.45) is 0. The van der Waals surface area contributed by atoms with Crippen molar-refractivity contribution in [3.05, 3.63) is 59.5 Å². The molecule has 0 unspecified atom stereocenters. The van der Waals surface area contributed by atoms with Crippen LogP contribution in [0.2, 0.25) is 0 Å². The average Bonchev–Trinajstić information content (AvgIpc) is 3.10. The number of nitrogens with zero attached hydrogens (tertiary/aromatic N) is 1. The molecule has 3 N–H and O–H groups in total. The van der Waals surface area contributed by atoms with E-state index >= 15 is 0 Å². The van der Waals surface area contributed by atoms with E-state index in [1.165, 1.54) is 25.2 Å². The van der Waals surface area contributed by atoms with E-state index in [-0.39, 0.29) is 17.7 Å². The lowest BCUT2D eigenvalue weighted by molar-refractivity contribution is -0.115. The van der Waals surface area contributed by atoms with Crippen molar-refractivity contribution in [3.8, 4) is 11.3 Å². The summed E-state index contributed by atoms with van der Waals surface area (Å²) in [5, 5.41) is 10.5. The number of hydrogen-bond acceptors (Lipinski definition) is 5. The number of aromatic nitrogens is 1. The number of anilines is 3. The van der Waals surface area contributed by atoms with Gasteiger partial charge in [-0.25, -0.2) is 4.98 Å². The number of hydrogen-bond donors (Lipinski definition) is 3. The van der Waals surface area contributed by atoms with Gasteiger partial charge in [-0.05, 0) is 36.4 Å². The molecular weight excluding hydrogens is 376 g/mol. The maximum atomic E-state index is 12.4. The third-order valence-electron chi connectivity index (χ3n) is 3.69. The second-order valence-corrected chi connectivity index (χ2v) is 6.87. The maximum Gasteiger partial charge on any atom is 0.257 e. The van der Waals surface area contributed by atoms with Crippen molar-refractivity contribution in [1.29, 1.82) is 0 Å². The third-order valence-corrected chi connectivity index (χ3v) is 4.45. The minimum atomic E-state index is -0.281. The molecule has 0 fully saturated rings. The third kappa shape index (κ3) is 5.01. The van der Waals surface area contributed by atoms with E-state index in [4.69, 9.17) is 0 Å². The van der Waals surface area contributed by atoms with Gasteiger partial charge in [-0.2, -0.15) is 0 Å². The van der Waals surface area contributed by atoms with Crippen molar-refractivity contribution in [1.82, 2.24) is 4.98 Å². The zero-order chi connectivity index (χ0) is 20.1. The minimum absolute atomic E-state index is 0.128. The smallest absolute Gasteiger partial charge is 0.257 e. The first-order chi connectivity index (χ1) is 13.4. The molecule has 7 nitrogen and oxygen atoms in total. The summed E-state index contributed by atoms with van der Waals surface area (Å²) in [6.45, 7) is 2.88. The second kappa shape index (κ2) is 8.45. The molecule has 3 amide bonds. The van der Waals surface area contributed by atoms with Crippen molar-refractivity contribution in [3.63, 3.8) is 0 Å². The van der Waals surface area contributed by atoms with Gasteiger partial charge in [0.2, 0.25) is 11.8 Å². The highest BCUT2D eigenvalue weighted by atomic mass is 32.1. The number of nitrogens with one attached hydrogen (secondary N) is 3. The first-order valence-electron chi connectivity index (χ1n) is 8.43. The summed E-state index contributed by atoms with van der Waals surface area (Å²) in [7, 11) is 0. The molecule has 3 aromatic rings. The molecule has 2 aromatic carbocycles. The van der Waals surface area contributed by atoms with E-state index in [1.807, 2.05) is 17.5 Å². The molecule has 1 heterocycles. The standard InChI is InChI=1S/C20H18N4O3S/c1-12(25)21-16-7-3-14(4-8-16)18-11-28-20(23-18)24-19(27)15-5-9-17(10-6-15)22-13(2)26/h3-11H,1-2H3,(H,21,25)(H,22,26)(H,23,24,27). The van der Waals surface area contributed by atoms with Gasteiger partial charge in [0.05, 0.1) is 5.69 Å². The van der Waals surface area contributed by atoms with Gasteiger partial charge in [-0.1, -0.05) is 12.1 Å². The van der Waals surface area contributed by atoms with Gasteiger partial charge in [-0.15, -0.1) is 11.3 Å². The first-order valence-corrected chi connectivity index (χ1v) is 9.31. The Kier molecular flexibility index (Phi) is 5.81. The number of benzene rings is 2. The van der Waals surface area contributed by atoms with Crippen LogP contribution in [0.1, 0.15) is 24.2 Å². The number of rotatable bonds is 5. The molecular formula is C20H18N4O3S. The summed E-state index contributed by atoms with van der Waals surface area (Å²) in [6, 6.07) is 13.9. The van der Waals surface area contributed by atoms with E-state index in [1.54, 1.807) is 36.4 Å². The molecule has 8 heteroatoms. The molecule has 0 bridgehead atoms. The predicted molar refractivity (Wildman–Crippen MR) is 111 cm³/mol. The Morgan fingerprint density at radius 3 is 1.86 bits per heavy atom. The fourth-order valence-corrected chi connectivity index (χ4v) is 3.18. The highest BCUT2D eigenvalue weighted by Crippen LogP contribution is 2.26. The van der Waals surface area contributed by atoms with Crippen molar-refractivity contribution in [2.75, 3.05) is 16.0 Å². The van der Waals surface area contributed by atoms with Crippen LogP contribution in [-0.2, 0) is 9.59 Å². The fraction of sp³-hybridized carbons (Fsp3) is 0.100. The van der Waals surface area contributed by atoms with Crippen LogP contribution in [0.25, 0.3) is 11.3 Å². The maximum absolute atomic E-state index is 12.4. The Morgan fingerprint density at radius 1 is 0.786 bits per heavy atom. The Hall–Kier alpha value is -3.52. The average molecular weight is 394 g/mol. The molecule has 28 heavy (non-hydrogen) atoms. The molecule has 0 radical (unpaired) electrons. The lowest BCUT2D eigenvalue weighted by Crippen LogP contribution is -2.12. The zero-order valence-corrected chi connectivity index (χ0v) is 16.1. The van der Waals surface area contributed by atoms with Gasteiger partial charge in [0.1, 0.15) is 0 Å². The molecule has 0 aliphatic rings. The minimum Gasteiger partial charge on any atom is -0.326 e. The molecule has 0 aliphatic heterocycles. The second-order valence-electron chi connectivity index (χ2n) is 6.01. The van der Waals surface area contributed by atoms with E-state index < -0.39 is 0 Å². The van der Waals surface area contributed by atoms with Crippen LogP contribution in [0.15, 0.2) is 53.9 Å². The van der Waals surface area contributed by atoms with Crippen LogP contribution >= 0.6 is 11.3 Å². The number of thiazole rings is 1. The van der Waals surface area contributed by atoms with Crippen LogP contribution in [-0.4, -0.2) is 22.7 Å². The quantitative estimate of drug-likeness (QED) is 0.609. The van der Waals surface area contributed by atoms with Crippen molar-refractivity contribution in [2.24, 2.45) is 0 Å². The molecule has 0 atom stereocenters. The topological polar surface area (TPSA) is 100 Å². The number of carbonyl (C=O) groups is 3. The van der Waals surface area contributed by atoms with Crippen LogP contribution in [0.3, 0.4) is 0 Å². The summed E-state index contributed by atoms with van der Waals surface area (Å²) < 4.78 is 0. The normalized spacial score (nSPS) is 10.2. The van der Waals surface area contributed by atoms with Crippen molar-refractivity contribution >= 4 is 45.6 Å². The van der Waals surface area contributed by atoms with E-state index in [9.17, 15) is 14.4 Å². The molecule has 0 aliphatic carbocycles. The van der Waals surface area contributed by atoms with Gasteiger partial charge in [0.25, 0.3) is 5.91 Å². The monoisotopic (exact) mass is 394 g/mol. The molecule has 142 valence electrons. The van der Waals surface area contributed by atoms with E-state index in [2.05, 4.69) is 20.9 Å². The fourth-order valence-electron chi connectivity index (χ4n) is 2.47. The summed E-state index contributed by atoms with van der Waals surface area (Å²) in [5.41, 5.74) is 3.41. The van der Waals surface area contributed by atoms with Gasteiger partial charge in [0.15, 0.2) is 5.13 Å². The lowest BCUT2D eigenvalue weighted by Gasteiger charge is -2.05. The lowest BCUT2D eigenvalue weighted by atomic mass is 10.1. The van der Waals surface area contributed by atoms with Crippen LogP contribution < -0.4 is 16.0 Å². The molecule has 0 saturated heterocycles. The number of amides is 3. The number of carbonyl (C=O) groups excluding carboxylic acids is 3. The molecule has 0 spiro atoms. The highest BCUT2D eigenvalue weighted by Gasteiger charge is 2.10. The Balaban J connectivity index is 1.66. The molecule has 0 saturated carbocycles. The Morgan fingerprint density at radius 2 is 1.32 bits per heavy atom. The predicted octanol–water partition coefficient (Wildman–Crippen LogP) is 3.98. The Labute approximate surface area is 165 Å². The summed E-state index contributed by atoms with van der Waals surface area (Å²) in [4.78, 5) is 38.9. The largest absolute Gasteiger partial charge is 0.326 e. The SMILES string of the molecule is CC(=O)Nc1ccc(C(=O)Nc2nc(-c3ccc(NC(C)=O)cc3)cs2)cc1. The van der Waals surface area contributed by atoms with E-state index in [0.717, 1.165) is 11.3 Å². The van der Waals surface area contributed by atoms with E-state index in [0.29, 0.717) is 22.1 Å². The Bertz CT molecular complexity index is 1010. The van der Waals surface area contributed by atoms with Gasteiger partial charge < -0.3 is 10.6 Å². The highest BCUT2D eigenvalue weighted by molar-refractivity contribution is 7.14.